The summed E-state index contributed by atoms with van der Waals surface area (Å²) in [5, 5.41) is 3.07. The van der Waals surface area contributed by atoms with Gasteiger partial charge in [0.1, 0.15) is 19.3 Å². The Morgan fingerprint density at radius 3 is 1.02 bits per heavy atom. The first kappa shape index (κ1) is 78.8. The van der Waals surface area contributed by atoms with Crippen LogP contribution in [0.2, 0.25) is 0 Å². The molecule has 2 N–H and O–H groups in total. The zero-order valence-electron chi connectivity index (χ0n) is 54.6. The summed E-state index contributed by atoms with van der Waals surface area (Å²) in [4.78, 5) is 37.8. The fraction of sp³-hybridized carbons (Fsp3) is 0.943. The van der Waals surface area contributed by atoms with Crippen LogP contribution in [0.3, 0.4) is 0 Å². The van der Waals surface area contributed by atoms with E-state index in [9.17, 15) is 19.0 Å². The summed E-state index contributed by atoms with van der Waals surface area (Å²) in [5.74, 6) is -0.479. The lowest BCUT2D eigenvalue weighted by atomic mass is 10.0. The van der Waals surface area contributed by atoms with E-state index in [0.29, 0.717) is 23.9 Å². The Labute approximate surface area is 499 Å². The summed E-state index contributed by atoms with van der Waals surface area (Å²) in [7, 11) is 1.52. The number of quaternary nitrogens is 1. The van der Waals surface area contributed by atoms with Gasteiger partial charge in [0.15, 0.2) is 0 Å². The standard InChI is InChI=1S/C70H139N2O7P/c1-7-10-13-16-19-22-25-28-30-31-32-33-34-35-36-37-38-39-40-41-43-45-48-51-54-57-60-63-70(74)79-68(61-58-55-52-49-46-27-24-21-18-15-12-9-3)67(66-78-80(75,76)77-65-64-72(4,5)6)71-69(73)62-59-56-53-50-47-44-42-29-26-23-20-17-14-11-8-2/h58,61,67-68H,7-57,59-60,62-66H2,1-6H3,(H-,71,73,75,76)/p+1/b61-58-. The van der Waals surface area contributed by atoms with Crippen molar-refractivity contribution in [2.45, 2.75) is 386 Å². The second-order valence-electron chi connectivity index (χ2n) is 25.8. The smallest absolute Gasteiger partial charge is 0.456 e. The van der Waals surface area contributed by atoms with Crippen LogP contribution < -0.4 is 5.32 Å². The SMILES string of the molecule is CCCCCCCCCCCC/C=C\C(OC(=O)CCCCCCCCCCCCCCCCCCCCCCCCCCCCC)C(COP(=O)(O)OCC[N+](C)(C)C)NC(=O)CCCCCCCCCCCCCCCCC. The van der Waals surface area contributed by atoms with Gasteiger partial charge in [0.05, 0.1) is 33.8 Å². The van der Waals surface area contributed by atoms with Crippen LogP contribution in [-0.4, -0.2) is 74.3 Å². The van der Waals surface area contributed by atoms with E-state index in [2.05, 4.69) is 32.2 Å². The summed E-state index contributed by atoms with van der Waals surface area (Å²) in [6.45, 7) is 7.08. The van der Waals surface area contributed by atoms with Gasteiger partial charge in [-0.05, 0) is 31.8 Å². The molecule has 0 aliphatic heterocycles. The van der Waals surface area contributed by atoms with Crippen molar-refractivity contribution in [1.29, 1.82) is 0 Å². The Bertz CT molecular complexity index is 1370. The van der Waals surface area contributed by atoms with Gasteiger partial charge in [0, 0.05) is 12.8 Å². The first-order chi connectivity index (χ1) is 38.9. The number of amides is 1. The molecule has 0 radical (unpaired) electrons. The first-order valence-corrected chi connectivity index (χ1v) is 37.0. The van der Waals surface area contributed by atoms with Crippen LogP contribution in [0.5, 0.6) is 0 Å². The van der Waals surface area contributed by atoms with E-state index >= 15 is 0 Å². The van der Waals surface area contributed by atoms with Crippen LogP contribution in [0.4, 0.5) is 0 Å². The number of esters is 1. The van der Waals surface area contributed by atoms with Crippen molar-refractivity contribution in [2.75, 3.05) is 40.9 Å². The third-order valence-electron chi connectivity index (χ3n) is 16.5. The topological polar surface area (TPSA) is 111 Å². The molecule has 0 fully saturated rings. The second kappa shape index (κ2) is 60.9. The molecule has 0 heterocycles. The van der Waals surface area contributed by atoms with Crippen molar-refractivity contribution >= 4 is 19.7 Å². The molecule has 1 amide bonds. The van der Waals surface area contributed by atoms with E-state index < -0.39 is 20.0 Å². The molecule has 476 valence electrons. The molecule has 0 aromatic heterocycles. The van der Waals surface area contributed by atoms with Crippen molar-refractivity contribution in [2.24, 2.45) is 0 Å². The van der Waals surface area contributed by atoms with Crippen LogP contribution in [0.25, 0.3) is 0 Å². The fourth-order valence-corrected chi connectivity index (χ4v) is 11.7. The average Bonchev–Trinajstić information content (AvgIpc) is 3.42. The number of likely N-dealkylation sites (N-methyl/N-ethyl adjacent to an activating group) is 1. The molecule has 3 unspecified atom stereocenters. The number of nitrogens with one attached hydrogen (secondary N) is 1. The van der Waals surface area contributed by atoms with E-state index in [1.54, 1.807) is 0 Å². The molecule has 0 saturated heterocycles. The maximum Gasteiger partial charge on any atom is 0.472 e. The zero-order chi connectivity index (χ0) is 58.6. The Morgan fingerprint density at radius 2 is 0.713 bits per heavy atom. The molecule has 80 heavy (non-hydrogen) atoms. The van der Waals surface area contributed by atoms with Crippen molar-refractivity contribution in [3.63, 3.8) is 0 Å². The molecule has 10 heteroatoms. The highest BCUT2D eigenvalue weighted by atomic mass is 31.2. The largest absolute Gasteiger partial charge is 0.472 e. The highest BCUT2D eigenvalue weighted by Crippen LogP contribution is 2.43. The average molecular weight is 1150 g/mol. The normalized spacial score (nSPS) is 13.5. The summed E-state index contributed by atoms with van der Waals surface area (Å²) in [6, 6.07) is -0.840. The minimum atomic E-state index is -4.44. The maximum absolute atomic E-state index is 13.6. The number of unbranched alkanes of at least 4 members (excludes halogenated alkanes) is 50. The number of carbonyl (C=O) groups is 2. The number of carbonyl (C=O) groups excluding carboxylic acids is 2. The van der Waals surface area contributed by atoms with Gasteiger partial charge in [-0.15, -0.1) is 0 Å². The zero-order valence-corrected chi connectivity index (χ0v) is 55.5. The maximum atomic E-state index is 13.6. The van der Waals surface area contributed by atoms with Gasteiger partial charge in [-0.25, -0.2) is 4.57 Å². The van der Waals surface area contributed by atoms with Crippen LogP contribution in [0.15, 0.2) is 12.2 Å². The number of ether oxygens (including phenoxy) is 1. The van der Waals surface area contributed by atoms with Gasteiger partial charge in [0.25, 0.3) is 0 Å². The number of allylic oxidation sites excluding steroid dienone is 1. The highest BCUT2D eigenvalue weighted by molar-refractivity contribution is 7.47. The Hall–Kier alpha value is -1.25. The molecule has 0 rings (SSSR count). The predicted molar refractivity (Wildman–Crippen MR) is 347 cm³/mol. The molecule has 0 saturated carbocycles. The summed E-state index contributed by atoms with van der Waals surface area (Å²) in [5.41, 5.74) is 0. The van der Waals surface area contributed by atoms with E-state index in [1.807, 2.05) is 27.2 Å². The summed E-state index contributed by atoms with van der Waals surface area (Å²) >= 11 is 0. The number of hydrogen-bond donors (Lipinski definition) is 2. The predicted octanol–water partition coefficient (Wildman–Crippen LogP) is 22.3. The van der Waals surface area contributed by atoms with Crippen molar-refractivity contribution < 1.29 is 37.3 Å². The molecule has 0 aliphatic carbocycles. The first-order valence-electron chi connectivity index (χ1n) is 35.5. The molecule has 0 bridgehead atoms. The van der Waals surface area contributed by atoms with Gasteiger partial charge in [0.2, 0.25) is 5.91 Å². The van der Waals surface area contributed by atoms with Gasteiger partial charge in [-0.1, -0.05) is 341 Å². The van der Waals surface area contributed by atoms with E-state index in [-0.39, 0.29) is 25.1 Å². The molecule has 0 aromatic carbocycles. The third kappa shape index (κ3) is 61.3. The van der Waals surface area contributed by atoms with Gasteiger partial charge < -0.3 is 19.4 Å². The molecular formula is C70H140N2O7P+. The Morgan fingerprint density at radius 1 is 0.425 bits per heavy atom. The number of rotatable bonds is 66. The van der Waals surface area contributed by atoms with Crippen LogP contribution in [-0.2, 0) is 27.9 Å². The second-order valence-corrected chi connectivity index (χ2v) is 27.2. The van der Waals surface area contributed by atoms with Crippen molar-refractivity contribution in [3.8, 4) is 0 Å². The lowest BCUT2D eigenvalue weighted by Crippen LogP contribution is -2.47. The molecule has 0 aromatic rings. The Balaban J connectivity index is 4.93. The lowest BCUT2D eigenvalue weighted by Gasteiger charge is -2.27. The fourth-order valence-electron chi connectivity index (χ4n) is 11.0. The van der Waals surface area contributed by atoms with Crippen LogP contribution in [0, 0.1) is 0 Å². The van der Waals surface area contributed by atoms with Gasteiger partial charge in [-0.2, -0.15) is 0 Å². The van der Waals surface area contributed by atoms with Crippen molar-refractivity contribution in [3.05, 3.63) is 12.2 Å². The molecular weight excluding hydrogens is 1010 g/mol. The third-order valence-corrected chi connectivity index (χ3v) is 17.5. The number of phosphoric ester groups is 1. The lowest BCUT2D eigenvalue weighted by molar-refractivity contribution is -0.870. The van der Waals surface area contributed by atoms with E-state index in [4.69, 9.17) is 13.8 Å². The number of phosphoric acid groups is 1. The number of nitrogens with zero attached hydrogens (tertiary/aromatic N) is 1. The Kier molecular flexibility index (Phi) is 59.9. The van der Waals surface area contributed by atoms with Crippen LogP contribution in [0.1, 0.15) is 374 Å². The molecule has 0 spiro atoms. The molecule has 3 atom stereocenters. The molecule has 9 nitrogen and oxygen atoms in total. The summed E-state index contributed by atoms with van der Waals surface area (Å²) < 4.78 is 30.8. The number of hydrogen-bond acceptors (Lipinski definition) is 6. The van der Waals surface area contributed by atoms with Crippen molar-refractivity contribution in [1.82, 2.24) is 5.32 Å². The minimum absolute atomic E-state index is 0.0460. The monoisotopic (exact) mass is 1150 g/mol. The van der Waals surface area contributed by atoms with E-state index in [1.165, 1.54) is 283 Å². The van der Waals surface area contributed by atoms with Crippen LogP contribution >= 0.6 is 7.82 Å². The van der Waals surface area contributed by atoms with E-state index in [0.717, 1.165) is 57.8 Å². The quantitative estimate of drug-likeness (QED) is 0.0205. The summed E-state index contributed by atoms with van der Waals surface area (Å²) in [6.07, 6.45) is 72.3. The van der Waals surface area contributed by atoms with Gasteiger partial charge in [-0.3, -0.25) is 18.6 Å². The minimum Gasteiger partial charge on any atom is -0.456 e. The highest BCUT2D eigenvalue weighted by Gasteiger charge is 2.30. The molecule has 0 aliphatic rings. The van der Waals surface area contributed by atoms with Gasteiger partial charge >= 0.3 is 13.8 Å².